The van der Waals surface area contributed by atoms with Gasteiger partial charge in [-0.1, -0.05) is 18.2 Å². The Kier molecular flexibility index (Phi) is 4.29. The minimum atomic E-state index is -0.438. The van der Waals surface area contributed by atoms with Gasteiger partial charge >= 0.3 is 0 Å². The highest BCUT2D eigenvalue weighted by Crippen LogP contribution is 2.26. The predicted molar refractivity (Wildman–Crippen MR) is 89.5 cm³/mol. The minimum Gasteiger partial charge on any atom is -0.497 e. The molecule has 0 aliphatic carbocycles. The van der Waals surface area contributed by atoms with Gasteiger partial charge in [-0.05, 0) is 30.3 Å². The fourth-order valence-electron chi connectivity index (χ4n) is 2.38. The van der Waals surface area contributed by atoms with Gasteiger partial charge in [0.05, 0.1) is 12.8 Å². The zero-order valence-corrected chi connectivity index (χ0v) is 13.3. The zero-order valence-electron chi connectivity index (χ0n) is 13.3. The van der Waals surface area contributed by atoms with Gasteiger partial charge in [-0.2, -0.15) is 5.10 Å². The summed E-state index contributed by atoms with van der Waals surface area (Å²) >= 11 is 0. The molecule has 0 spiro atoms. The lowest BCUT2D eigenvalue weighted by molar-refractivity contribution is 0.102. The van der Waals surface area contributed by atoms with Crippen molar-refractivity contribution in [3.8, 4) is 17.0 Å². The topological polar surface area (TPSA) is 56.1 Å². The number of hydrogen-bond donors (Lipinski definition) is 1. The van der Waals surface area contributed by atoms with Gasteiger partial charge in [-0.15, -0.1) is 0 Å². The van der Waals surface area contributed by atoms with Crippen molar-refractivity contribution in [1.29, 1.82) is 0 Å². The first-order valence-electron chi connectivity index (χ1n) is 7.33. The molecule has 3 aromatic rings. The van der Waals surface area contributed by atoms with Crippen LogP contribution in [0.5, 0.6) is 5.75 Å². The summed E-state index contributed by atoms with van der Waals surface area (Å²) in [5.74, 6) is -0.357. The highest BCUT2D eigenvalue weighted by atomic mass is 19.1. The van der Waals surface area contributed by atoms with Crippen molar-refractivity contribution in [3.05, 3.63) is 66.1 Å². The number of aryl methyl sites for hydroxylation is 1. The summed E-state index contributed by atoms with van der Waals surface area (Å²) in [5, 5.41) is 6.93. The van der Waals surface area contributed by atoms with Crippen molar-refractivity contribution < 1.29 is 13.9 Å². The fraction of sp³-hybridized carbons (Fsp3) is 0.111. The van der Waals surface area contributed by atoms with E-state index in [-0.39, 0.29) is 11.6 Å². The number of halogens is 1. The van der Waals surface area contributed by atoms with Gasteiger partial charge in [-0.25, -0.2) is 4.39 Å². The largest absolute Gasteiger partial charge is 0.497 e. The van der Waals surface area contributed by atoms with E-state index in [2.05, 4.69) is 10.4 Å². The van der Waals surface area contributed by atoms with Gasteiger partial charge in [0.2, 0.25) is 0 Å². The van der Waals surface area contributed by atoms with Crippen LogP contribution in [0.25, 0.3) is 11.3 Å². The Morgan fingerprint density at radius 3 is 2.58 bits per heavy atom. The number of carbonyl (C=O) groups is 1. The Morgan fingerprint density at radius 2 is 1.92 bits per heavy atom. The smallest absolute Gasteiger partial charge is 0.276 e. The Labute approximate surface area is 138 Å². The number of anilines is 1. The van der Waals surface area contributed by atoms with Crippen molar-refractivity contribution in [1.82, 2.24) is 9.78 Å². The van der Waals surface area contributed by atoms with Crippen LogP contribution in [0.2, 0.25) is 0 Å². The molecule has 0 radical (unpaired) electrons. The Balaban J connectivity index is 1.89. The molecule has 0 unspecified atom stereocenters. The maximum Gasteiger partial charge on any atom is 0.276 e. The highest BCUT2D eigenvalue weighted by molar-refractivity contribution is 6.03. The number of amides is 1. The standard InChI is InChI=1S/C18H16FN3O2/c1-22-17(14-9-8-13(24-2)10-15(14)19)11-16(21-22)18(23)20-12-6-4-3-5-7-12/h3-11H,1-2H3,(H,20,23). The number of ether oxygens (including phenoxy) is 1. The molecule has 0 saturated heterocycles. The first-order chi connectivity index (χ1) is 11.6. The van der Waals surface area contributed by atoms with E-state index in [0.717, 1.165) is 0 Å². The normalized spacial score (nSPS) is 10.5. The Bertz CT molecular complexity index is 875. The molecular formula is C18H16FN3O2. The number of aromatic nitrogens is 2. The zero-order chi connectivity index (χ0) is 17.1. The molecule has 5 nitrogen and oxygen atoms in total. The van der Waals surface area contributed by atoms with Crippen molar-refractivity contribution in [3.63, 3.8) is 0 Å². The summed E-state index contributed by atoms with van der Waals surface area (Å²) in [6, 6.07) is 15.2. The average molecular weight is 325 g/mol. The monoisotopic (exact) mass is 325 g/mol. The van der Waals surface area contributed by atoms with E-state index in [1.54, 1.807) is 37.4 Å². The van der Waals surface area contributed by atoms with E-state index in [1.165, 1.54) is 17.9 Å². The third-order valence-electron chi connectivity index (χ3n) is 3.60. The molecule has 0 bridgehead atoms. The molecule has 1 N–H and O–H groups in total. The van der Waals surface area contributed by atoms with Crippen LogP contribution in [-0.4, -0.2) is 22.8 Å². The number of rotatable bonds is 4. The van der Waals surface area contributed by atoms with E-state index >= 15 is 0 Å². The molecule has 1 amide bonds. The molecule has 1 aromatic heterocycles. The number of para-hydroxylation sites is 1. The number of nitrogens with one attached hydrogen (secondary N) is 1. The molecule has 24 heavy (non-hydrogen) atoms. The van der Waals surface area contributed by atoms with Gasteiger partial charge in [0.15, 0.2) is 5.69 Å². The SMILES string of the molecule is COc1ccc(-c2cc(C(=O)Nc3ccccc3)nn2C)c(F)c1. The lowest BCUT2D eigenvalue weighted by Gasteiger charge is -2.05. The molecule has 0 saturated carbocycles. The van der Waals surface area contributed by atoms with Crippen LogP contribution < -0.4 is 10.1 Å². The van der Waals surface area contributed by atoms with Crippen LogP contribution in [0.1, 0.15) is 10.5 Å². The molecule has 0 atom stereocenters. The first-order valence-corrected chi connectivity index (χ1v) is 7.33. The summed E-state index contributed by atoms with van der Waals surface area (Å²) in [6.07, 6.45) is 0. The molecular weight excluding hydrogens is 309 g/mol. The van der Waals surface area contributed by atoms with Crippen LogP contribution in [0.15, 0.2) is 54.6 Å². The van der Waals surface area contributed by atoms with Crippen molar-refractivity contribution in [2.24, 2.45) is 7.05 Å². The number of benzene rings is 2. The van der Waals surface area contributed by atoms with E-state index in [1.807, 2.05) is 18.2 Å². The predicted octanol–water partition coefficient (Wildman–Crippen LogP) is 3.49. The average Bonchev–Trinajstić information content (AvgIpc) is 2.97. The Morgan fingerprint density at radius 1 is 1.17 bits per heavy atom. The second kappa shape index (κ2) is 6.54. The van der Waals surface area contributed by atoms with Gasteiger partial charge in [-0.3, -0.25) is 9.48 Å². The van der Waals surface area contributed by atoms with E-state index in [0.29, 0.717) is 22.7 Å². The summed E-state index contributed by atoms with van der Waals surface area (Å²) < 4.78 is 20.7. The van der Waals surface area contributed by atoms with E-state index in [4.69, 9.17) is 4.74 Å². The van der Waals surface area contributed by atoms with Gasteiger partial charge in [0.25, 0.3) is 5.91 Å². The molecule has 0 fully saturated rings. The molecule has 0 aliphatic rings. The summed E-state index contributed by atoms with van der Waals surface area (Å²) in [6.45, 7) is 0. The Hall–Kier alpha value is -3.15. The second-order valence-corrected chi connectivity index (χ2v) is 5.20. The van der Waals surface area contributed by atoms with Crippen molar-refractivity contribution in [2.75, 3.05) is 12.4 Å². The number of hydrogen-bond acceptors (Lipinski definition) is 3. The summed E-state index contributed by atoms with van der Waals surface area (Å²) in [4.78, 5) is 12.3. The molecule has 0 aliphatic heterocycles. The third-order valence-corrected chi connectivity index (χ3v) is 3.60. The molecule has 122 valence electrons. The maximum absolute atomic E-state index is 14.2. The number of methoxy groups -OCH3 is 1. The van der Waals surface area contributed by atoms with Crippen LogP contribution in [0, 0.1) is 5.82 Å². The summed E-state index contributed by atoms with van der Waals surface area (Å²) in [7, 11) is 3.14. The van der Waals surface area contributed by atoms with Crippen LogP contribution in [0.4, 0.5) is 10.1 Å². The fourth-order valence-corrected chi connectivity index (χ4v) is 2.38. The molecule has 3 rings (SSSR count). The third kappa shape index (κ3) is 3.12. The minimum absolute atomic E-state index is 0.214. The quantitative estimate of drug-likeness (QED) is 0.799. The highest BCUT2D eigenvalue weighted by Gasteiger charge is 2.16. The maximum atomic E-state index is 14.2. The van der Waals surface area contributed by atoms with E-state index < -0.39 is 5.82 Å². The first kappa shape index (κ1) is 15.7. The second-order valence-electron chi connectivity index (χ2n) is 5.20. The number of nitrogens with zero attached hydrogens (tertiary/aromatic N) is 2. The van der Waals surface area contributed by atoms with Gasteiger partial charge in [0.1, 0.15) is 11.6 Å². The lowest BCUT2D eigenvalue weighted by atomic mass is 10.1. The van der Waals surface area contributed by atoms with Crippen LogP contribution in [-0.2, 0) is 7.05 Å². The van der Waals surface area contributed by atoms with Gasteiger partial charge < -0.3 is 10.1 Å². The van der Waals surface area contributed by atoms with Crippen molar-refractivity contribution >= 4 is 11.6 Å². The molecule has 6 heteroatoms. The lowest BCUT2D eigenvalue weighted by Crippen LogP contribution is -2.12. The van der Waals surface area contributed by atoms with Crippen LogP contribution in [0.3, 0.4) is 0 Å². The molecule has 2 aromatic carbocycles. The summed E-state index contributed by atoms with van der Waals surface area (Å²) in [5.41, 5.74) is 1.75. The van der Waals surface area contributed by atoms with E-state index in [9.17, 15) is 9.18 Å². The van der Waals surface area contributed by atoms with Gasteiger partial charge in [0, 0.05) is 24.4 Å². The van der Waals surface area contributed by atoms with Crippen LogP contribution >= 0.6 is 0 Å². The molecule has 1 heterocycles. The van der Waals surface area contributed by atoms with Crippen molar-refractivity contribution in [2.45, 2.75) is 0 Å². The number of carbonyl (C=O) groups excluding carboxylic acids is 1.